The van der Waals surface area contributed by atoms with Gasteiger partial charge in [-0.3, -0.25) is 4.79 Å². The third-order valence-corrected chi connectivity index (χ3v) is 3.17. The quantitative estimate of drug-likeness (QED) is 0.835. The predicted molar refractivity (Wildman–Crippen MR) is 73.7 cm³/mol. The Kier molecular flexibility index (Phi) is 5.17. The third kappa shape index (κ3) is 4.00. The molecule has 18 heavy (non-hydrogen) atoms. The highest BCUT2D eigenvalue weighted by Gasteiger charge is 2.28. The van der Waals surface area contributed by atoms with Crippen molar-refractivity contribution in [3.05, 3.63) is 34.9 Å². The van der Waals surface area contributed by atoms with Crippen LogP contribution in [0.25, 0.3) is 0 Å². The van der Waals surface area contributed by atoms with Crippen molar-refractivity contribution in [2.45, 2.75) is 26.8 Å². The van der Waals surface area contributed by atoms with Crippen LogP contribution in [0.15, 0.2) is 24.3 Å². The summed E-state index contributed by atoms with van der Waals surface area (Å²) < 4.78 is 4.77. The molecule has 1 rings (SSSR count). The fourth-order valence-corrected chi connectivity index (χ4v) is 1.85. The van der Waals surface area contributed by atoms with Crippen molar-refractivity contribution in [1.82, 2.24) is 5.32 Å². The number of carbonyl (C=O) groups is 1. The maximum atomic E-state index is 11.6. The molecule has 0 aromatic heterocycles. The molecule has 0 bridgehead atoms. The molecule has 0 radical (unpaired) electrons. The van der Waals surface area contributed by atoms with Crippen molar-refractivity contribution < 1.29 is 9.53 Å². The Balaban J connectivity index is 2.61. The number of nitrogens with one attached hydrogen (secondary N) is 1. The van der Waals surface area contributed by atoms with Crippen LogP contribution in [0.5, 0.6) is 0 Å². The Morgan fingerprint density at radius 3 is 2.72 bits per heavy atom. The smallest absolute Gasteiger partial charge is 0.312 e. The van der Waals surface area contributed by atoms with Gasteiger partial charge in [0.05, 0.1) is 12.5 Å². The first kappa shape index (κ1) is 15.0. The lowest BCUT2D eigenvalue weighted by atomic mass is 9.93. The second-order valence-electron chi connectivity index (χ2n) is 5.03. The van der Waals surface area contributed by atoms with E-state index in [9.17, 15) is 4.79 Å². The highest BCUT2D eigenvalue weighted by Crippen LogP contribution is 2.20. The van der Waals surface area contributed by atoms with Crippen molar-refractivity contribution in [2.24, 2.45) is 5.41 Å². The molecule has 1 aromatic carbocycles. The van der Waals surface area contributed by atoms with Crippen LogP contribution in [0.3, 0.4) is 0 Å². The lowest BCUT2D eigenvalue weighted by Crippen LogP contribution is -2.37. The van der Waals surface area contributed by atoms with E-state index in [1.807, 2.05) is 45.0 Å². The molecule has 0 amide bonds. The number of rotatable bonds is 5. The van der Waals surface area contributed by atoms with Crippen LogP contribution in [0.1, 0.15) is 32.4 Å². The topological polar surface area (TPSA) is 38.3 Å². The molecule has 0 aliphatic carbocycles. The number of methoxy groups -OCH3 is 1. The van der Waals surface area contributed by atoms with E-state index in [0.717, 1.165) is 5.56 Å². The van der Waals surface area contributed by atoms with Crippen molar-refractivity contribution in [3.8, 4) is 0 Å². The van der Waals surface area contributed by atoms with Gasteiger partial charge in [0.2, 0.25) is 0 Å². The molecule has 0 fully saturated rings. The first-order chi connectivity index (χ1) is 8.36. The van der Waals surface area contributed by atoms with E-state index in [1.165, 1.54) is 7.11 Å². The Hall–Kier alpha value is -1.06. The maximum absolute atomic E-state index is 11.6. The first-order valence-electron chi connectivity index (χ1n) is 5.94. The van der Waals surface area contributed by atoms with Gasteiger partial charge in [-0.05, 0) is 38.5 Å². The predicted octanol–water partition coefficient (Wildman–Crippen LogP) is 3.19. The largest absolute Gasteiger partial charge is 0.469 e. The highest BCUT2D eigenvalue weighted by atomic mass is 35.5. The molecule has 3 nitrogen and oxygen atoms in total. The third-order valence-electron chi connectivity index (χ3n) is 2.94. The zero-order valence-corrected chi connectivity index (χ0v) is 12.0. The zero-order chi connectivity index (χ0) is 13.8. The van der Waals surface area contributed by atoms with Crippen LogP contribution in [0.4, 0.5) is 0 Å². The summed E-state index contributed by atoms with van der Waals surface area (Å²) in [6, 6.07) is 7.82. The van der Waals surface area contributed by atoms with Crippen molar-refractivity contribution in [2.75, 3.05) is 13.7 Å². The van der Waals surface area contributed by atoms with E-state index in [-0.39, 0.29) is 12.0 Å². The lowest BCUT2D eigenvalue weighted by Gasteiger charge is -2.24. The lowest BCUT2D eigenvalue weighted by molar-refractivity contribution is -0.150. The van der Waals surface area contributed by atoms with E-state index < -0.39 is 5.41 Å². The SMILES string of the molecule is COC(=O)C(C)(C)CNC(C)c1cccc(Cl)c1. The van der Waals surface area contributed by atoms with Gasteiger partial charge in [0.25, 0.3) is 0 Å². The minimum atomic E-state index is -0.540. The van der Waals surface area contributed by atoms with Gasteiger partial charge in [-0.2, -0.15) is 0 Å². The minimum absolute atomic E-state index is 0.132. The minimum Gasteiger partial charge on any atom is -0.469 e. The van der Waals surface area contributed by atoms with Crippen LogP contribution in [-0.4, -0.2) is 19.6 Å². The van der Waals surface area contributed by atoms with Crippen molar-refractivity contribution in [3.63, 3.8) is 0 Å². The second-order valence-corrected chi connectivity index (χ2v) is 5.47. The molecule has 4 heteroatoms. The van der Waals surface area contributed by atoms with Gasteiger partial charge in [0, 0.05) is 17.6 Å². The molecular weight excluding hydrogens is 250 g/mol. The first-order valence-corrected chi connectivity index (χ1v) is 6.32. The maximum Gasteiger partial charge on any atom is 0.312 e. The summed E-state index contributed by atoms with van der Waals surface area (Å²) in [6.45, 7) is 6.30. The number of carbonyl (C=O) groups excluding carboxylic acids is 1. The normalized spacial score (nSPS) is 13.2. The molecule has 0 aliphatic rings. The van der Waals surface area contributed by atoms with E-state index >= 15 is 0 Å². The van der Waals surface area contributed by atoms with Crippen LogP contribution in [0.2, 0.25) is 5.02 Å². The summed E-state index contributed by atoms with van der Waals surface area (Å²) in [6.07, 6.45) is 0. The number of ether oxygens (including phenoxy) is 1. The molecule has 0 saturated heterocycles. The Bertz CT molecular complexity index is 418. The monoisotopic (exact) mass is 269 g/mol. The van der Waals surface area contributed by atoms with E-state index in [2.05, 4.69) is 5.32 Å². The number of hydrogen-bond acceptors (Lipinski definition) is 3. The Labute approximate surface area is 113 Å². The van der Waals surface area contributed by atoms with Crippen molar-refractivity contribution >= 4 is 17.6 Å². The Morgan fingerprint density at radius 2 is 2.17 bits per heavy atom. The molecule has 0 spiro atoms. The van der Waals surface area contributed by atoms with Gasteiger partial charge in [0.1, 0.15) is 0 Å². The summed E-state index contributed by atoms with van der Waals surface area (Å²) in [5, 5.41) is 4.04. The summed E-state index contributed by atoms with van der Waals surface area (Å²) in [5.41, 5.74) is 0.560. The second kappa shape index (κ2) is 6.21. The summed E-state index contributed by atoms with van der Waals surface area (Å²) in [7, 11) is 1.41. The van der Waals surface area contributed by atoms with E-state index in [4.69, 9.17) is 16.3 Å². The molecule has 1 N–H and O–H groups in total. The number of benzene rings is 1. The van der Waals surface area contributed by atoms with Crippen LogP contribution in [0, 0.1) is 5.41 Å². The van der Waals surface area contributed by atoms with Crippen LogP contribution >= 0.6 is 11.6 Å². The fraction of sp³-hybridized carbons (Fsp3) is 0.500. The molecule has 0 aliphatic heterocycles. The number of hydrogen-bond donors (Lipinski definition) is 1. The number of halogens is 1. The summed E-state index contributed by atoms with van der Waals surface area (Å²) in [4.78, 5) is 11.6. The molecule has 1 unspecified atom stereocenters. The van der Waals surface area contributed by atoms with Gasteiger partial charge in [-0.15, -0.1) is 0 Å². The summed E-state index contributed by atoms with van der Waals surface area (Å²) >= 11 is 5.95. The van der Waals surface area contributed by atoms with Gasteiger partial charge in [-0.1, -0.05) is 23.7 Å². The summed E-state index contributed by atoms with van der Waals surface area (Å²) in [5.74, 6) is -0.215. The molecule has 1 aromatic rings. The average Bonchev–Trinajstić information content (AvgIpc) is 2.35. The van der Waals surface area contributed by atoms with Crippen molar-refractivity contribution in [1.29, 1.82) is 0 Å². The van der Waals surface area contributed by atoms with Gasteiger partial charge < -0.3 is 10.1 Å². The Morgan fingerprint density at radius 1 is 1.50 bits per heavy atom. The highest BCUT2D eigenvalue weighted by molar-refractivity contribution is 6.30. The molecular formula is C14H20ClNO2. The van der Waals surface area contributed by atoms with Crippen LogP contribution in [-0.2, 0) is 9.53 Å². The molecule has 100 valence electrons. The van der Waals surface area contributed by atoms with Gasteiger partial charge in [0.15, 0.2) is 0 Å². The number of esters is 1. The van der Waals surface area contributed by atoms with Gasteiger partial charge >= 0.3 is 5.97 Å². The standard InChI is InChI=1S/C14H20ClNO2/c1-10(11-6-5-7-12(15)8-11)16-9-14(2,3)13(17)18-4/h5-8,10,16H,9H2,1-4H3. The average molecular weight is 270 g/mol. The molecule has 0 saturated carbocycles. The van der Waals surface area contributed by atoms with E-state index in [1.54, 1.807) is 0 Å². The van der Waals surface area contributed by atoms with Crippen LogP contribution < -0.4 is 5.32 Å². The molecule has 0 heterocycles. The fourth-order valence-electron chi connectivity index (χ4n) is 1.65. The van der Waals surface area contributed by atoms with Gasteiger partial charge in [-0.25, -0.2) is 0 Å². The van der Waals surface area contributed by atoms with E-state index in [0.29, 0.717) is 11.6 Å². The molecule has 1 atom stereocenters. The zero-order valence-electron chi connectivity index (χ0n) is 11.3.